The van der Waals surface area contributed by atoms with Gasteiger partial charge in [-0.15, -0.1) is 21.5 Å². The largest absolute Gasteiger partial charge is 0.497 e. The summed E-state index contributed by atoms with van der Waals surface area (Å²) >= 11 is -0.0117. The number of methoxy groups -OCH3 is 1. The van der Waals surface area contributed by atoms with Crippen LogP contribution in [0.2, 0.25) is 4.55 Å². The van der Waals surface area contributed by atoms with Gasteiger partial charge >= 0.3 is 20.4 Å². The van der Waals surface area contributed by atoms with E-state index in [0.29, 0.717) is 0 Å². The van der Waals surface area contributed by atoms with Gasteiger partial charge in [-0.2, -0.15) is 3.69 Å². The average molecular weight is 241 g/mol. The van der Waals surface area contributed by atoms with Crippen molar-refractivity contribution in [3.8, 4) is 5.75 Å². The van der Waals surface area contributed by atoms with Crippen molar-refractivity contribution in [3.05, 3.63) is 24.3 Å². The summed E-state index contributed by atoms with van der Waals surface area (Å²) in [5, 5.41) is 0. The third-order valence-electron chi connectivity index (χ3n) is 1.67. The van der Waals surface area contributed by atoms with Crippen LogP contribution in [-0.2, 0) is 0 Å². The number of benzene rings is 1. The lowest BCUT2D eigenvalue weighted by Gasteiger charge is -2.01. The van der Waals surface area contributed by atoms with Gasteiger partial charge in [0.2, 0.25) is 0 Å². The highest BCUT2D eigenvalue weighted by Gasteiger charge is 1.96. The van der Waals surface area contributed by atoms with Crippen LogP contribution < -0.4 is 8.43 Å². The van der Waals surface area contributed by atoms with E-state index in [1.54, 1.807) is 7.11 Å². The van der Waals surface area contributed by atoms with Gasteiger partial charge in [-0.3, -0.25) is 0 Å². The smallest absolute Gasteiger partial charge is 0.408 e. The number of hydrogen-bond donors (Lipinski definition) is 0. The zero-order valence-corrected chi connectivity index (χ0v) is 10.7. The third-order valence-corrected chi connectivity index (χ3v) is 3.19. The summed E-state index contributed by atoms with van der Waals surface area (Å²) < 4.78 is 7.94. The van der Waals surface area contributed by atoms with Gasteiger partial charge in [-0.1, -0.05) is 19.1 Å². The predicted molar refractivity (Wildman–Crippen MR) is 59.2 cm³/mol. The molecule has 0 atom stereocenters. The van der Waals surface area contributed by atoms with Crippen molar-refractivity contribution in [1.82, 2.24) is 0 Å². The molecule has 0 radical (unpaired) electrons. The molecule has 0 aliphatic rings. The first kappa shape index (κ1) is 12.3. The van der Waals surface area contributed by atoms with Crippen LogP contribution in [0.15, 0.2) is 24.3 Å². The molecule has 0 saturated carbocycles. The summed E-state index contributed by atoms with van der Waals surface area (Å²) in [5.41, 5.74) is 0. The fourth-order valence-electron chi connectivity index (χ4n) is 1.12. The summed E-state index contributed by atoms with van der Waals surface area (Å²) in [6.45, 7) is 2.24. The average Bonchev–Trinajstić information content (AvgIpc) is 2.06. The van der Waals surface area contributed by atoms with Crippen LogP contribution >= 0.6 is 17.0 Å². The third kappa shape index (κ3) is 3.78. The van der Waals surface area contributed by atoms with Crippen molar-refractivity contribution < 1.29 is 4.74 Å². The Morgan fingerprint density at radius 1 is 1.42 bits per heavy atom. The highest BCUT2D eigenvalue weighted by atomic mass is 79.9. The van der Waals surface area contributed by atoms with Crippen LogP contribution in [0.3, 0.4) is 0 Å². The van der Waals surface area contributed by atoms with Crippen LogP contribution in [0.5, 0.6) is 5.75 Å². The lowest BCUT2D eigenvalue weighted by molar-refractivity contribution is 0.415. The van der Waals surface area contributed by atoms with Crippen molar-refractivity contribution in [2.75, 3.05) is 7.11 Å². The van der Waals surface area contributed by atoms with Gasteiger partial charge in [0.1, 0.15) is 5.75 Å². The monoisotopic (exact) mass is 240 g/mol. The normalized spacial score (nSPS) is 8.17. The molecular formula is C9H13BrMgO. The molecule has 0 aliphatic carbocycles. The Morgan fingerprint density at radius 2 is 2.17 bits per heavy atom. The summed E-state index contributed by atoms with van der Waals surface area (Å²) in [6.07, 6.45) is 0. The maximum atomic E-state index is 5.12. The summed E-state index contributed by atoms with van der Waals surface area (Å²) in [4.78, 5) is 0. The molecule has 1 rings (SSSR count). The van der Waals surface area contributed by atoms with Crippen LogP contribution in [-0.4, -0.2) is 27.5 Å². The molecule has 1 nitrogen and oxygen atoms in total. The quantitative estimate of drug-likeness (QED) is 0.736. The Balaban J connectivity index is 0.00000121. The fourth-order valence-corrected chi connectivity index (χ4v) is 2.34. The Bertz CT molecular complexity index is 228. The van der Waals surface area contributed by atoms with Gasteiger partial charge in [-0.25, -0.2) is 0 Å². The van der Waals surface area contributed by atoms with Gasteiger partial charge < -0.3 is 4.74 Å². The zero-order valence-electron chi connectivity index (χ0n) is 7.54. The summed E-state index contributed by atoms with van der Waals surface area (Å²) in [6, 6.07) is 8.40. The van der Waals surface area contributed by atoms with E-state index < -0.39 is 0 Å². The minimum atomic E-state index is -0.0117. The van der Waals surface area contributed by atoms with E-state index in [2.05, 4.69) is 25.1 Å². The maximum Gasteiger partial charge on any atom is 0.408 e. The van der Waals surface area contributed by atoms with E-state index in [1.165, 1.54) is 8.24 Å². The molecule has 12 heavy (non-hydrogen) atoms. The molecule has 0 amide bonds. The first-order valence-electron chi connectivity index (χ1n) is 3.99. The van der Waals surface area contributed by atoms with Crippen LogP contribution in [0.4, 0.5) is 0 Å². The first-order chi connectivity index (χ1) is 5.36. The Kier molecular flexibility index (Phi) is 6.90. The molecule has 0 aromatic heterocycles. The topological polar surface area (TPSA) is 9.23 Å². The minimum Gasteiger partial charge on any atom is -0.497 e. The molecule has 0 heterocycles. The standard InChI is InChI=1S/C7H7O.C2H5.BrH.Mg/c1-8-7-5-3-2-4-6-7;1-2;;/h2-3,5-6H,1H3;1H2,2H3;1H;. The predicted octanol–water partition coefficient (Wildman–Crippen LogP) is 2.04. The summed E-state index contributed by atoms with van der Waals surface area (Å²) in [7, 11) is 1.71. The molecule has 1 aromatic rings. The maximum absolute atomic E-state index is 5.12. The van der Waals surface area contributed by atoms with E-state index in [0.717, 1.165) is 5.75 Å². The highest BCUT2D eigenvalue weighted by molar-refractivity contribution is 8.93. The molecule has 3 heteroatoms. The highest BCUT2D eigenvalue weighted by Crippen LogP contribution is 2.04. The van der Waals surface area contributed by atoms with Crippen molar-refractivity contribution >= 4 is 41.0 Å². The Labute approximate surface area is 94.0 Å². The zero-order chi connectivity index (χ0) is 8.10. The van der Waals surface area contributed by atoms with Gasteiger partial charge in [0.15, 0.2) is 0 Å². The molecule has 0 saturated heterocycles. The van der Waals surface area contributed by atoms with Gasteiger partial charge in [0.25, 0.3) is 0 Å². The summed E-state index contributed by atoms with van der Waals surface area (Å²) in [5.74, 6) is 0.989. The SMILES string of the molecule is Br.C[CH2][Mg][c]1cccc(OC)c1. The molecule has 0 N–H and O–H groups in total. The molecule has 0 unspecified atom stereocenters. The Hall–Kier alpha value is 0.266. The van der Waals surface area contributed by atoms with E-state index in [9.17, 15) is 0 Å². The van der Waals surface area contributed by atoms with Gasteiger partial charge in [0.05, 0.1) is 7.11 Å². The van der Waals surface area contributed by atoms with Crippen molar-refractivity contribution in [2.24, 2.45) is 0 Å². The molecule has 1 aromatic carbocycles. The van der Waals surface area contributed by atoms with E-state index in [1.807, 2.05) is 6.07 Å². The first-order valence-corrected chi connectivity index (χ1v) is 5.70. The molecule has 0 fully saturated rings. The van der Waals surface area contributed by atoms with Gasteiger partial charge in [-0.05, 0) is 12.1 Å². The van der Waals surface area contributed by atoms with Crippen LogP contribution in [0, 0.1) is 0 Å². The minimum absolute atomic E-state index is 0. The van der Waals surface area contributed by atoms with E-state index >= 15 is 0 Å². The second kappa shape index (κ2) is 6.75. The Morgan fingerprint density at radius 3 is 2.75 bits per heavy atom. The second-order valence-electron chi connectivity index (χ2n) is 2.60. The second-order valence-corrected chi connectivity index (χ2v) is 4.92. The van der Waals surface area contributed by atoms with Crippen LogP contribution in [0.25, 0.3) is 0 Å². The number of halogens is 1. The van der Waals surface area contributed by atoms with Crippen LogP contribution in [0.1, 0.15) is 6.92 Å². The van der Waals surface area contributed by atoms with Crippen molar-refractivity contribution in [3.63, 3.8) is 0 Å². The lowest BCUT2D eigenvalue weighted by atomic mass is 10.3. The molecule has 0 spiro atoms. The molecule has 0 bridgehead atoms. The fraction of sp³-hybridized carbons (Fsp3) is 0.333. The molecule has 0 aliphatic heterocycles. The van der Waals surface area contributed by atoms with E-state index in [4.69, 9.17) is 4.74 Å². The van der Waals surface area contributed by atoms with Crippen molar-refractivity contribution in [2.45, 2.75) is 11.5 Å². The molecule has 64 valence electrons. The number of rotatable bonds is 3. The molecular weight excluding hydrogens is 228 g/mol. The van der Waals surface area contributed by atoms with Gasteiger partial charge in [0, 0.05) is 0 Å². The van der Waals surface area contributed by atoms with E-state index in [-0.39, 0.29) is 37.3 Å². The number of hydrogen-bond acceptors (Lipinski definition) is 1. The number of ether oxygens (including phenoxy) is 1. The van der Waals surface area contributed by atoms with Crippen molar-refractivity contribution in [1.29, 1.82) is 0 Å². The lowest BCUT2D eigenvalue weighted by Crippen LogP contribution is -2.11.